The highest BCUT2D eigenvalue weighted by Crippen LogP contribution is 2.30. The number of fused-ring (bicyclic) bond motifs is 1. The Morgan fingerprint density at radius 2 is 2.09 bits per heavy atom. The van der Waals surface area contributed by atoms with E-state index in [4.69, 9.17) is 21.1 Å². The summed E-state index contributed by atoms with van der Waals surface area (Å²) in [6, 6.07) is 9.44. The molecule has 0 amide bonds. The van der Waals surface area contributed by atoms with Crippen molar-refractivity contribution in [1.82, 2.24) is 35.2 Å². The van der Waals surface area contributed by atoms with E-state index >= 15 is 0 Å². The number of aliphatic hydroxyl groups excluding tert-OH is 2. The molecule has 0 spiro atoms. The minimum atomic E-state index is -0.808. The molecule has 3 N–H and O–H groups in total. The molecule has 0 saturated carbocycles. The van der Waals surface area contributed by atoms with Gasteiger partial charge in [0, 0.05) is 17.5 Å². The second kappa shape index (κ2) is 9.36. The Balaban J connectivity index is 1.33. The highest BCUT2D eigenvalue weighted by atomic mass is 35.5. The van der Waals surface area contributed by atoms with E-state index in [-0.39, 0.29) is 19.2 Å². The van der Waals surface area contributed by atoms with Crippen molar-refractivity contribution < 1.29 is 19.7 Å². The highest BCUT2D eigenvalue weighted by molar-refractivity contribution is 6.33. The van der Waals surface area contributed by atoms with Gasteiger partial charge in [-0.2, -0.15) is 9.78 Å². The smallest absolute Gasteiger partial charge is 0.296 e. The van der Waals surface area contributed by atoms with Crippen LogP contribution < -0.4 is 4.74 Å². The molecule has 1 unspecified atom stereocenters. The molecule has 1 aliphatic rings. The SMILES string of the molecule is Cn1nnc(C#Cc2ccc(-c3nc4nc(O[C@H]5COC(CO)[C@@H](O)C5)[nH]c4cc3Cl)cc2)n1. The van der Waals surface area contributed by atoms with Crippen molar-refractivity contribution in [3.8, 4) is 29.1 Å². The Morgan fingerprint density at radius 3 is 2.79 bits per heavy atom. The normalized spacial score (nSPS) is 20.2. The molecule has 1 aromatic carbocycles. The first kappa shape index (κ1) is 22.2. The van der Waals surface area contributed by atoms with E-state index in [2.05, 4.69) is 42.2 Å². The van der Waals surface area contributed by atoms with Crippen molar-refractivity contribution in [3.05, 3.63) is 46.7 Å². The van der Waals surface area contributed by atoms with Gasteiger partial charge in [0.15, 0.2) is 5.65 Å². The molecule has 4 aromatic rings. The molecule has 1 fully saturated rings. The van der Waals surface area contributed by atoms with E-state index in [0.717, 1.165) is 11.1 Å². The average molecular weight is 482 g/mol. The maximum absolute atomic E-state index is 10.0. The van der Waals surface area contributed by atoms with Crippen LogP contribution in [0.2, 0.25) is 5.02 Å². The predicted molar refractivity (Wildman–Crippen MR) is 121 cm³/mol. The highest BCUT2D eigenvalue weighted by Gasteiger charge is 2.31. The summed E-state index contributed by atoms with van der Waals surface area (Å²) in [5.74, 6) is 6.20. The zero-order valence-electron chi connectivity index (χ0n) is 18.0. The summed E-state index contributed by atoms with van der Waals surface area (Å²) in [6.07, 6.45) is -1.49. The number of aromatic nitrogens is 7. The van der Waals surface area contributed by atoms with Gasteiger partial charge in [-0.05, 0) is 29.3 Å². The third kappa shape index (κ3) is 4.71. The molecule has 4 heterocycles. The van der Waals surface area contributed by atoms with Gasteiger partial charge in [0.2, 0.25) is 5.82 Å². The van der Waals surface area contributed by atoms with Crippen LogP contribution in [0.25, 0.3) is 22.4 Å². The number of aromatic amines is 1. The number of hydrogen-bond donors (Lipinski definition) is 3. The fraction of sp³-hybridized carbons (Fsp3) is 0.318. The molecule has 12 heteroatoms. The summed E-state index contributed by atoms with van der Waals surface area (Å²) < 4.78 is 11.2. The Morgan fingerprint density at radius 1 is 1.26 bits per heavy atom. The monoisotopic (exact) mass is 481 g/mol. The van der Waals surface area contributed by atoms with Gasteiger partial charge >= 0.3 is 0 Å². The van der Waals surface area contributed by atoms with Gasteiger partial charge in [-0.15, -0.1) is 5.10 Å². The summed E-state index contributed by atoms with van der Waals surface area (Å²) >= 11 is 6.49. The molecule has 0 aliphatic carbocycles. The van der Waals surface area contributed by atoms with Gasteiger partial charge in [0.25, 0.3) is 6.01 Å². The number of aliphatic hydroxyl groups is 2. The first-order chi connectivity index (χ1) is 16.5. The number of imidazole rings is 1. The molecule has 11 nitrogen and oxygen atoms in total. The van der Waals surface area contributed by atoms with Crippen LogP contribution in [0.3, 0.4) is 0 Å². The number of halogens is 1. The van der Waals surface area contributed by atoms with Gasteiger partial charge in [-0.25, -0.2) is 4.98 Å². The molecule has 0 bridgehead atoms. The van der Waals surface area contributed by atoms with Crippen molar-refractivity contribution >= 4 is 22.8 Å². The zero-order valence-corrected chi connectivity index (χ0v) is 18.8. The minimum Gasteiger partial charge on any atom is -0.459 e. The molecule has 0 radical (unpaired) electrons. The third-order valence-electron chi connectivity index (χ3n) is 5.28. The Labute approximate surface area is 198 Å². The molecule has 5 rings (SSSR count). The summed E-state index contributed by atoms with van der Waals surface area (Å²) in [4.78, 5) is 13.4. The lowest BCUT2D eigenvalue weighted by Crippen LogP contribution is -2.45. The van der Waals surface area contributed by atoms with Crippen LogP contribution in [0.15, 0.2) is 30.3 Å². The van der Waals surface area contributed by atoms with Crippen LogP contribution in [0.5, 0.6) is 6.01 Å². The number of tetrazole rings is 1. The van der Waals surface area contributed by atoms with Crippen LogP contribution in [-0.2, 0) is 11.8 Å². The number of nitrogens with one attached hydrogen (secondary N) is 1. The quantitative estimate of drug-likeness (QED) is 0.365. The van der Waals surface area contributed by atoms with E-state index in [1.807, 2.05) is 24.3 Å². The van der Waals surface area contributed by atoms with E-state index in [0.29, 0.717) is 34.1 Å². The van der Waals surface area contributed by atoms with E-state index in [1.165, 1.54) is 4.80 Å². The number of nitrogens with zero attached hydrogens (tertiary/aromatic N) is 6. The molecule has 1 saturated heterocycles. The summed E-state index contributed by atoms with van der Waals surface area (Å²) in [7, 11) is 1.68. The fourth-order valence-corrected chi connectivity index (χ4v) is 3.83. The lowest BCUT2D eigenvalue weighted by Gasteiger charge is -2.31. The largest absolute Gasteiger partial charge is 0.459 e. The number of rotatable bonds is 4. The molecular weight excluding hydrogens is 462 g/mol. The van der Waals surface area contributed by atoms with Crippen LogP contribution in [-0.4, -0.2) is 76.9 Å². The van der Waals surface area contributed by atoms with Crippen molar-refractivity contribution in [1.29, 1.82) is 0 Å². The Hall–Kier alpha value is -3.56. The number of pyridine rings is 1. The van der Waals surface area contributed by atoms with E-state index < -0.39 is 18.3 Å². The molecule has 3 aromatic heterocycles. The first-order valence-corrected chi connectivity index (χ1v) is 10.9. The van der Waals surface area contributed by atoms with Crippen molar-refractivity contribution in [2.45, 2.75) is 24.7 Å². The third-order valence-corrected chi connectivity index (χ3v) is 5.57. The second-order valence-corrected chi connectivity index (χ2v) is 8.17. The second-order valence-electron chi connectivity index (χ2n) is 7.76. The number of hydrogen-bond acceptors (Lipinski definition) is 9. The van der Waals surface area contributed by atoms with Crippen LogP contribution in [0.4, 0.5) is 0 Å². The summed E-state index contributed by atoms with van der Waals surface area (Å²) in [5.41, 5.74) is 3.22. The van der Waals surface area contributed by atoms with E-state index in [1.54, 1.807) is 13.1 Å². The number of H-pyrrole nitrogens is 1. The van der Waals surface area contributed by atoms with Crippen molar-refractivity contribution in [2.24, 2.45) is 7.05 Å². The van der Waals surface area contributed by atoms with Crippen molar-refractivity contribution in [3.63, 3.8) is 0 Å². The molecule has 3 atom stereocenters. The van der Waals surface area contributed by atoms with Crippen LogP contribution in [0.1, 0.15) is 17.8 Å². The van der Waals surface area contributed by atoms with Gasteiger partial charge < -0.3 is 24.7 Å². The lowest BCUT2D eigenvalue weighted by atomic mass is 10.0. The van der Waals surface area contributed by atoms with Gasteiger partial charge in [0.1, 0.15) is 12.2 Å². The van der Waals surface area contributed by atoms with Gasteiger partial charge in [-0.3, -0.25) is 0 Å². The summed E-state index contributed by atoms with van der Waals surface area (Å²) in [5, 5.41) is 31.3. The first-order valence-electron chi connectivity index (χ1n) is 10.5. The van der Waals surface area contributed by atoms with Gasteiger partial charge in [0.05, 0.1) is 42.6 Å². The minimum absolute atomic E-state index is 0.237. The molecule has 174 valence electrons. The standard InChI is InChI=1S/C22H20ClN7O4/c1-30-28-19(27-29-30)7-4-12-2-5-13(6-3-12)20-15(23)9-16-21(25-20)26-22(24-16)34-14-8-17(32)18(10-31)33-11-14/h2-3,5-6,9,14,17-18,31-32H,8,10-11H2,1H3,(H,24,25,26)/t14-,17+,18?/m1/s1. The van der Waals surface area contributed by atoms with Crippen molar-refractivity contribution in [2.75, 3.05) is 13.2 Å². The molecular formula is C22H20ClN7O4. The zero-order chi connectivity index (χ0) is 23.7. The number of ether oxygens (including phenoxy) is 2. The Kier molecular flexibility index (Phi) is 6.12. The summed E-state index contributed by atoms with van der Waals surface area (Å²) in [6.45, 7) is -0.00286. The fourth-order valence-electron chi connectivity index (χ4n) is 3.57. The maximum atomic E-state index is 10.0. The Bertz CT molecular complexity index is 1380. The number of aryl methyl sites for hydroxylation is 1. The predicted octanol–water partition coefficient (Wildman–Crippen LogP) is 1.09. The van der Waals surface area contributed by atoms with E-state index in [9.17, 15) is 10.2 Å². The van der Waals surface area contributed by atoms with Crippen LogP contribution in [0, 0.1) is 11.8 Å². The van der Waals surface area contributed by atoms with Gasteiger partial charge in [-0.1, -0.05) is 34.8 Å². The molecule has 1 aliphatic heterocycles. The molecule has 34 heavy (non-hydrogen) atoms. The van der Waals surface area contributed by atoms with Crippen LogP contribution >= 0.6 is 11.6 Å². The average Bonchev–Trinajstić information content (AvgIpc) is 3.42. The number of benzene rings is 1. The maximum Gasteiger partial charge on any atom is 0.296 e. The topological polar surface area (TPSA) is 144 Å². The lowest BCUT2D eigenvalue weighted by molar-refractivity contribution is -0.131.